The third kappa shape index (κ3) is 10.1. The van der Waals surface area contributed by atoms with Crippen molar-refractivity contribution in [2.24, 2.45) is 16.8 Å². The zero-order valence-corrected chi connectivity index (χ0v) is 26.1. The van der Waals surface area contributed by atoms with Gasteiger partial charge in [-0.2, -0.15) is 5.26 Å². The van der Waals surface area contributed by atoms with E-state index in [0.29, 0.717) is 78.1 Å². The third-order valence-electron chi connectivity index (χ3n) is 8.36. The van der Waals surface area contributed by atoms with E-state index in [1.807, 2.05) is 20.8 Å². The molecule has 0 aromatic rings. The van der Waals surface area contributed by atoms with Crippen molar-refractivity contribution < 1.29 is 28.5 Å². The van der Waals surface area contributed by atoms with E-state index in [4.69, 9.17) is 18.9 Å². The van der Waals surface area contributed by atoms with E-state index in [2.05, 4.69) is 31.1 Å². The number of piperidine rings is 1. The number of amides is 2. The molecule has 2 atom stereocenters. The summed E-state index contributed by atoms with van der Waals surface area (Å²) in [5.41, 5.74) is -0.884. The Labute approximate surface area is 251 Å². The highest BCUT2D eigenvalue weighted by Crippen LogP contribution is 2.31. The van der Waals surface area contributed by atoms with Crippen molar-refractivity contribution in [3.05, 3.63) is 0 Å². The first-order valence-corrected chi connectivity index (χ1v) is 15.7. The largest absolute Gasteiger partial charge is 0.448 e. The van der Waals surface area contributed by atoms with Gasteiger partial charge in [-0.1, -0.05) is 26.7 Å². The van der Waals surface area contributed by atoms with Gasteiger partial charge in [-0.15, -0.1) is 4.99 Å². The molecule has 2 heterocycles. The molecule has 238 valence electrons. The Morgan fingerprint density at radius 3 is 2.48 bits per heavy atom. The van der Waals surface area contributed by atoms with Crippen LogP contribution in [0.2, 0.25) is 0 Å². The highest BCUT2D eigenvalue weighted by atomic mass is 16.5. The first kappa shape index (κ1) is 34.0. The van der Waals surface area contributed by atoms with Gasteiger partial charge in [0.05, 0.1) is 51.6 Å². The van der Waals surface area contributed by atoms with Gasteiger partial charge in [0.15, 0.2) is 0 Å². The fourth-order valence-corrected chi connectivity index (χ4v) is 5.94. The van der Waals surface area contributed by atoms with Crippen LogP contribution in [0.3, 0.4) is 0 Å². The molecule has 1 N–H and O–H groups in total. The fraction of sp³-hybridized carbons (Fsp3) is 0.867. The molecule has 3 fully saturated rings. The molecule has 2 amide bonds. The molecular weight excluding hydrogens is 540 g/mol. The summed E-state index contributed by atoms with van der Waals surface area (Å²) >= 11 is 0. The van der Waals surface area contributed by atoms with E-state index < -0.39 is 11.6 Å². The first-order chi connectivity index (χ1) is 20.3. The van der Waals surface area contributed by atoms with E-state index in [-0.39, 0.29) is 23.8 Å². The van der Waals surface area contributed by atoms with Gasteiger partial charge in [0, 0.05) is 52.4 Å². The van der Waals surface area contributed by atoms with Crippen LogP contribution in [0.1, 0.15) is 59.3 Å². The number of morpholine rings is 1. The summed E-state index contributed by atoms with van der Waals surface area (Å²) < 4.78 is 21.6. The topological polar surface area (TPSA) is 129 Å². The van der Waals surface area contributed by atoms with E-state index in [1.165, 1.54) is 0 Å². The number of guanidine groups is 1. The number of likely N-dealkylation sites (tertiary alicyclic amines) is 1. The van der Waals surface area contributed by atoms with E-state index in [1.54, 1.807) is 7.11 Å². The van der Waals surface area contributed by atoms with Crippen LogP contribution in [0.5, 0.6) is 0 Å². The molecule has 3 rings (SSSR count). The second-order valence-corrected chi connectivity index (χ2v) is 11.9. The second-order valence-electron chi connectivity index (χ2n) is 11.9. The van der Waals surface area contributed by atoms with Crippen molar-refractivity contribution in [1.82, 2.24) is 20.0 Å². The van der Waals surface area contributed by atoms with E-state index >= 15 is 0 Å². The van der Waals surface area contributed by atoms with Crippen LogP contribution in [0.15, 0.2) is 4.99 Å². The second kappa shape index (κ2) is 17.6. The molecular formula is C30H52N6O6. The number of hydrogen-bond acceptors (Lipinski definition) is 8. The Hall–Kier alpha value is -2.46. The number of methoxy groups -OCH3 is 1. The van der Waals surface area contributed by atoms with Gasteiger partial charge in [-0.25, -0.2) is 4.79 Å². The Morgan fingerprint density at radius 1 is 1.12 bits per heavy atom. The van der Waals surface area contributed by atoms with Crippen molar-refractivity contribution in [2.45, 2.75) is 70.9 Å². The number of nitriles is 1. The predicted molar refractivity (Wildman–Crippen MR) is 159 cm³/mol. The van der Waals surface area contributed by atoms with Crippen LogP contribution < -0.4 is 5.32 Å². The predicted octanol–water partition coefficient (Wildman–Crippen LogP) is 2.49. The number of rotatable bonds is 12. The smallest absolute Gasteiger partial charge is 0.436 e. The summed E-state index contributed by atoms with van der Waals surface area (Å²) in [5.74, 6) is 0.363. The SMILES string of the molecule is CCN(C(=NC(=O)OCC(C)C)N1CCOCC1)C1CCCCC1C(=O)NC1(C#N)CCN(CCOCCOC)CC1. The standard InChI is InChI=1S/C30H52N6O6/c1-5-36(28(35-15-18-40-19-16-35)32-29(38)42-22-24(2)3)26-9-7-6-8-25(26)27(37)33-30(23-31)10-12-34(13-11-30)14-17-41-21-20-39-4/h24-26H,5-22H2,1-4H3,(H,33,37). The number of carbonyl (C=O) groups excluding carboxylic acids is 2. The molecule has 0 spiro atoms. The molecule has 2 saturated heterocycles. The summed E-state index contributed by atoms with van der Waals surface area (Å²) in [6, 6.07) is 2.31. The average molecular weight is 593 g/mol. The molecule has 0 bridgehead atoms. The Bertz CT molecular complexity index is 910. The minimum absolute atomic E-state index is 0.0836. The minimum atomic E-state index is -0.884. The van der Waals surface area contributed by atoms with E-state index in [9.17, 15) is 14.9 Å². The van der Waals surface area contributed by atoms with Crippen LogP contribution in [0.4, 0.5) is 4.79 Å². The number of carbonyl (C=O) groups is 2. The lowest BCUT2D eigenvalue weighted by atomic mass is 9.81. The van der Waals surface area contributed by atoms with Crippen molar-refractivity contribution in [3.8, 4) is 6.07 Å². The molecule has 0 aromatic carbocycles. The van der Waals surface area contributed by atoms with Gasteiger partial charge in [0.1, 0.15) is 5.54 Å². The maximum atomic E-state index is 13.9. The summed E-state index contributed by atoms with van der Waals surface area (Å²) in [4.78, 5) is 37.6. The number of nitrogens with zero attached hydrogens (tertiary/aromatic N) is 5. The lowest BCUT2D eigenvalue weighted by Gasteiger charge is -2.45. The molecule has 0 radical (unpaired) electrons. The molecule has 3 aliphatic rings. The maximum absolute atomic E-state index is 13.9. The first-order valence-electron chi connectivity index (χ1n) is 15.7. The maximum Gasteiger partial charge on any atom is 0.436 e. The molecule has 0 aromatic heterocycles. The van der Waals surface area contributed by atoms with Gasteiger partial charge >= 0.3 is 6.09 Å². The van der Waals surface area contributed by atoms with Gasteiger partial charge < -0.3 is 39.0 Å². The molecule has 2 aliphatic heterocycles. The molecule has 1 saturated carbocycles. The number of nitrogens with one attached hydrogen (secondary N) is 1. The zero-order chi connectivity index (χ0) is 30.4. The van der Waals surface area contributed by atoms with Crippen LogP contribution in [0.25, 0.3) is 0 Å². The summed E-state index contributed by atoms with van der Waals surface area (Å²) in [6.07, 6.45) is 4.02. The van der Waals surface area contributed by atoms with Gasteiger partial charge in [0.2, 0.25) is 11.9 Å². The number of ether oxygens (including phenoxy) is 4. The Kier molecular flexibility index (Phi) is 14.3. The normalized spacial score (nSPS) is 23.3. The van der Waals surface area contributed by atoms with Crippen LogP contribution in [-0.4, -0.2) is 130 Å². The summed E-state index contributed by atoms with van der Waals surface area (Å²) in [6.45, 7) is 13.2. The molecule has 12 nitrogen and oxygen atoms in total. The molecule has 2 unspecified atom stereocenters. The van der Waals surface area contributed by atoms with Crippen LogP contribution in [0, 0.1) is 23.2 Å². The monoisotopic (exact) mass is 592 g/mol. The van der Waals surface area contributed by atoms with Crippen LogP contribution in [-0.2, 0) is 23.7 Å². The zero-order valence-electron chi connectivity index (χ0n) is 26.1. The van der Waals surface area contributed by atoms with Gasteiger partial charge in [-0.3, -0.25) is 4.79 Å². The van der Waals surface area contributed by atoms with E-state index in [0.717, 1.165) is 45.3 Å². The lowest BCUT2D eigenvalue weighted by Crippen LogP contribution is -2.60. The highest BCUT2D eigenvalue weighted by Gasteiger charge is 2.42. The van der Waals surface area contributed by atoms with Crippen molar-refractivity contribution in [1.29, 1.82) is 5.26 Å². The minimum Gasteiger partial charge on any atom is -0.448 e. The van der Waals surface area contributed by atoms with Gasteiger partial charge in [-0.05, 0) is 38.5 Å². The van der Waals surface area contributed by atoms with Crippen LogP contribution >= 0.6 is 0 Å². The highest BCUT2D eigenvalue weighted by molar-refractivity contribution is 5.91. The number of aliphatic imine (C=N–C) groups is 1. The molecule has 1 aliphatic carbocycles. The quantitative estimate of drug-likeness (QED) is 0.205. The van der Waals surface area contributed by atoms with Crippen molar-refractivity contribution in [2.75, 3.05) is 86.0 Å². The Balaban J connectivity index is 1.70. The number of hydrogen-bond donors (Lipinski definition) is 1. The summed E-state index contributed by atoms with van der Waals surface area (Å²) in [7, 11) is 1.65. The van der Waals surface area contributed by atoms with Crippen molar-refractivity contribution >= 4 is 18.0 Å². The Morgan fingerprint density at radius 2 is 1.83 bits per heavy atom. The van der Waals surface area contributed by atoms with Crippen molar-refractivity contribution in [3.63, 3.8) is 0 Å². The summed E-state index contributed by atoms with van der Waals surface area (Å²) in [5, 5.41) is 13.4. The fourth-order valence-electron chi connectivity index (χ4n) is 5.94. The molecule has 12 heteroatoms. The average Bonchev–Trinajstić information content (AvgIpc) is 3.01. The third-order valence-corrected chi connectivity index (χ3v) is 8.36. The van der Waals surface area contributed by atoms with Gasteiger partial charge in [0.25, 0.3) is 0 Å². The lowest BCUT2D eigenvalue weighted by molar-refractivity contribution is -0.129. The molecule has 42 heavy (non-hydrogen) atoms.